The maximum absolute atomic E-state index is 11.2. The third-order valence-corrected chi connectivity index (χ3v) is 13.4. The molecule has 57 heavy (non-hydrogen) atoms. The summed E-state index contributed by atoms with van der Waals surface area (Å²) < 4.78 is 7.01. The van der Waals surface area contributed by atoms with E-state index in [9.17, 15) is 9.79 Å². The van der Waals surface area contributed by atoms with Gasteiger partial charge in [0.05, 0.1) is 0 Å². The van der Waals surface area contributed by atoms with Crippen molar-refractivity contribution in [2.24, 2.45) is 29.6 Å². The molecule has 1 unspecified atom stereocenters. The molecule has 0 aromatic heterocycles. The Morgan fingerprint density at radius 3 is 1.23 bits per heavy atom. The van der Waals surface area contributed by atoms with E-state index >= 15 is 0 Å². The van der Waals surface area contributed by atoms with Crippen molar-refractivity contribution in [3.05, 3.63) is 68.8 Å². The molecule has 2 N–H and O–H groups in total. The molecule has 0 fully saturated rings. The van der Waals surface area contributed by atoms with Crippen molar-refractivity contribution in [1.29, 1.82) is 0 Å². The maximum Gasteiger partial charge on any atom is 0.328 e. The standard InChI is InChI=1S/C53H91O3P/c1-11-13-34-50(12-2)53(56-57(54)55)51-46(32-24-16-20-28-42(7)8)35-44(30-22-14-18-26-40(3)4)37-48(51)39-49-38-45(31-23-15-19-27-41(5)6)36-47(52(49)53)33-25-17-21-29-43(9)10/h35-38,40-43,50,54-55H,11-34,39H2,1-10H3. The molecule has 0 saturated carbocycles. The Balaban J connectivity index is 2.26. The van der Waals surface area contributed by atoms with E-state index in [2.05, 4.69) is 93.5 Å². The van der Waals surface area contributed by atoms with Gasteiger partial charge < -0.3 is 9.79 Å². The van der Waals surface area contributed by atoms with Crippen molar-refractivity contribution in [2.45, 2.75) is 235 Å². The molecule has 4 heteroatoms. The van der Waals surface area contributed by atoms with Crippen LogP contribution in [0.3, 0.4) is 0 Å². The largest absolute Gasteiger partial charge is 0.328 e. The molecule has 326 valence electrons. The van der Waals surface area contributed by atoms with E-state index in [0.29, 0.717) is 0 Å². The predicted molar refractivity (Wildman–Crippen MR) is 250 cm³/mol. The van der Waals surface area contributed by atoms with E-state index in [1.54, 1.807) is 0 Å². The first-order valence-electron chi connectivity index (χ1n) is 24.5. The summed E-state index contributed by atoms with van der Waals surface area (Å²) in [5.41, 5.74) is 10.3. The fraction of sp³-hybridized carbons (Fsp3) is 0.774. The van der Waals surface area contributed by atoms with Crippen molar-refractivity contribution in [2.75, 3.05) is 0 Å². The maximum atomic E-state index is 11.2. The second-order valence-corrected chi connectivity index (χ2v) is 20.7. The van der Waals surface area contributed by atoms with Gasteiger partial charge in [-0.25, -0.2) is 0 Å². The zero-order valence-electron chi connectivity index (χ0n) is 39.1. The summed E-state index contributed by atoms with van der Waals surface area (Å²) in [6.07, 6.45) is 29.6. The molecule has 3 rings (SSSR count). The zero-order valence-corrected chi connectivity index (χ0v) is 40.0. The third kappa shape index (κ3) is 16.6. The Morgan fingerprint density at radius 2 is 0.895 bits per heavy atom. The predicted octanol–water partition coefficient (Wildman–Crippen LogP) is 16.3. The highest BCUT2D eigenvalue weighted by molar-refractivity contribution is 7.39. The molecule has 1 aliphatic rings. The van der Waals surface area contributed by atoms with Crippen molar-refractivity contribution < 1.29 is 14.3 Å². The highest BCUT2D eigenvalue weighted by Gasteiger charge is 2.51. The number of unbranched alkanes of at least 4 members (excludes halogenated alkanes) is 9. The first-order chi connectivity index (χ1) is 27.3. The van der Waals surface area contributed by atoms with Crippen molar-refractivity contribution >= 4 is 8.60 Å². The minimum Gasteiger partial charge on any atom is -0.328 e. The van der Waals surface area contributed by atoms with E-state index < -0.39 is 14.2 Å². The molecule has 0 heterocycles. The topological polar surface area (TPSA) is 49.7 Å². The Bertz CT molecular complexity index is 1300. The number of hydrogen-bond donors (Lipinski definition) is 2. The van der Waals surface area contributed by atoms with Crippen LogP contribution in [-0.2, 0) is 42.2 Å². The van der Waals surface area contributed by atoms with Gasteiger partial charge in [-0.1, -0.05) is 183 Å². The van der Waals surface area contributed by atoms with Gasteiger partial charge in [0, 0.05) is 0 Å². The lowest BCUT2D eigenvalue weighted by Crippen LogP contribution is -2.44. The van der Waals surface area contributed by atoms with E-state index in [0.717, 1.165) is 94.3 Å². The van der Waals surface area contributed by atoms with E-state index in [1.807, 2.05) is 0 Å². The normalized spacial score (nSPS) is 14.4. The fourth-order valence-electron chi connectivity index (χ4n) is 9.98. The number of fused-ring (bicyclic) bond motifs is 2. The Labute approximate surface area is 355 Å². The lowest BCUT2D eigenvalue weighted by Gasteiger charge is -2.48. The Kier molecular flexibility index (Phi) is 23.6. The Hall–Kier alpha value is -1.25. The number of benzene rings is 2. The van der Waals surface area contributed by atoms with Crippen molar-refractivity contribution in [1.82, 2.24) is 0 Å². The summed E-state index contributed by atoms with van der Waals surface area (Å²) in [7, 11) is -2.60. The van der Waals surface area contributed by atoms with Gasteiger partial charge in [0.25, 0.3) is 0 Å². The molecule has 0 bridgehead atoms. The average molecular weight is 807 g/mol. The van der Waals surface area contributed by atoms with Gasteiger partial charge in [0.1, 0.15) is 5.60 Å². The SMILES string of the molecule is CCCCC(CC)C1(OP(O)O)c2c(CCCCCC(C)C)cc(CCCCCC(C)C)cc2Cc2cc(CCCCCC(C)C)cc(CCCCCC(C)C)c21. The molecule has 3 nitrogen and oxygen atoms in total. The first kappa shape index (κ1) is 50.1. The lowest BCUT2D eigenvalue weighted by molar-refractivity contribution is 0.0190. The van der Waals surface area contributed by atoms with Crippen LogP contribution >= 0.6 is 8.60 Å². The summed E-state index contributed by atoms with van der Waals surface area (Å²) >= 11 is 0. The number of rotatable bonds is 31. The van der Waals surface area contributed by atoms with Gasteiger partial charge in [-0.3, -0.25) is 4.52 Å². The average Bonchev–Trinajstić information content (AvgIpc) is 3.13. The van der Waals surface area contributed by atoms with Crippen molar-refractivity contribution in [3.8, 4) is 0 Å². The molecule has 0 amide bonds. The molecule has 2 aromatic carbocycles. The minimum absolute atomic E-state index is 0.155. The zero-order chi connectivity index (χ0) is 41.8. The van der Waals surface area contributed by atoms with E-state index in [-0.39, 0.29) is 5.92 Å². The van der Waals surface area contributed by atoms with Crippen LogP contribution in [0.15, 0.2) is 24.3 Å². The van der Waals surface area contributed by atoms with E-state index in [1.165, 1.54) is 134 Å². The fourth-order valence-corrected chi connectivity index (χ4v) is 10.6. The third-order valence-electron chi connectivity index (χ3n) is 13.0. The van der Waals surface area contributed by atoms with Crippen LogP contribution in [0.5, 0.6) is 0 Å². The molecule has 0 aliphatic heterocycles. The highest BCUT2D eigenvalue weighted by atomic mass is 31.2. The van der Waals surface area contributed by atoms with Crippen LogP contribution in [-0.4, -0.2) is 9.79 Å². The molecular weight excluding hydrogens is 716 g/mol. The summed E-state index contributed by atoms with van der Waals surface area (Å²) in [5, 5.41) is 0. The first-order valence-corrected chi connectivity index (χ1v) is 25.7. The second-order valence-electron chi connectivity index (χ2n) is 20.1. The molecular formula is C53H91O3P. The summed E-state index contributed by atoms with van der Waals surface area (Å²) in [5.74, 6) is 3.16. The van der Waals surface area contributed by atoms with Crippen molar-refractivity contribution in [3.63, 3.8) is 0 Å². The van der Waals surface area contributed by atoms with Crippen LogP contribution in [0.1, 0.15) is 242 Å². The van der Waals surface area contributed by atoms with Gasteiger partial charge in [0.2, 0.25) is 0 Å². The minimum atomic E-state index is -2.60. The molecule has 0 saturated heterocycles. The monoisotopic (exact) mass is 807 g/mol. The molecule has 1 atom stereocenters. The van der Waals surface area contributed by atoms with Gasteiger partial charge in [-0.2, -0.15) is 0 Å². The van der Waals surface area contributed by atoms with Gasteiger partial charge in [0.15, 0.2) is 0 Å². The number of aryl methyl sites for hydroxylation is 4. The Morgan fingerprint density at radius 1 is 0.509 bits per heavy atom. The summed E-state index contributed by atoms with van der Waals surface area (Å²) in [6.45, 7) is 23.3. The molecule has 2 aromatic rings. The van der Waals surface area contributed by atoms with Crippen LogP contribution in [0, 0.1) is 29.6 Å². The van der Waals surface area contributed by atoms with Crippen LogP contribution in [0.2, 0.25) is 0 Å². The molecule has 0 radical (unpaired) electrons. The summed E-state index contributed by atoms with van der Waals surface area (Å²) in [6, 6.07) is 10.2. The number of hydrogen-bond acceptors (Lipinski definition) is 3. The lowest BCUT2D eigenvalue weighted by atomic mass is 9.62. The quantitative estimate of drug-likeness (QED) is 0.0589. The van der Waals surface area contributed by atoms with Crippen LogP contribution < -0.4 is 0 Å². The van der Waals surface area contributed by atoms with Gasteiger partial charge >= 0.3 is 8.60 Å². The second kappa shape index (κ2) is 26.9. The molecule has 0 spiro atoms. The highest BCUT2D eigenvalue weighted by Crippen LogP contribution is 2.57. The smallest absolute Gasteiger partial charge is 0.328 e. The summed E-state index contributed by atoms with van der Waals surface area (Å²) in [4.78, 5) is 22.4. The van der Waals surface area contributed by atoms with E-state index in [4.69, 9.17) is 4.52 Å². The van der Waals surface area contributed by atoms with Crippen LogP contribution in [0.4, 0.5) is 0 Å². The van der Waals surface area contributed by atoms with Gasteiger partial charge in [-0.15, -0.1) is 0 Å². The molecule has 1 aliphatic carbocycles. The van der Waals surface area contributed by atoms with Gasteiger partial charge in [-0.05, 0) is 145 Å². The van der Waals surface area contributed by atoms with Crippen LogP contribution in [0.25, 0.3) is 0 Å².